The molecule has 5 N–H and O–H groups in total. The van der Waals surface area contributed by atoms with Crippen LogP contribution in [0.2, 0.25) is 0 Å². The smallest absolute Gasteiger partial charge is 0.272 e. The van der Waals surface area contributed by atoms with Crippen molar-refractivity contribution in [2.24, 2.45) is 16.8 Å². The number of hydrazone groups is 1. The van der Waals surface area contributed by atoms with E-state index >= 15 is 0 Å². The van der Waals surface area contributed by atoms with Gasteiger partial charge in [-0.1, -0.05) is 0 Å². The number of carbonyl (C=O) groups is 1. The Hall–Kier alpha value is -2.22. The van der Waals surface area contributed by atoms with Crippen LogP contribution in [-0.4, -0.2) is 21.2 Å². The molecule has 0 fully saturated rings. The number of hydrazine groups is 1. The summed E-state index contributed by atoms with van der Waals surface area (Å²) in [4.78, 5) is 27.7. The first-order valence-electron chi connectivity index (χ1n) is 5.49. The Labute approximate surface area is 103 Å². The molecule has 1 unspecified atom stereocenters. The van der Waals surface area contributed by atoms with E-state index in [1.54, 1.807) is 0 Å². The molecule has 8 nitrogen and oxygen atoms in total. The minimum Gasteiger partial charge on any atom is -0.323 e. The van der Waals surface area contributed by atoms with Gasteiger partial charge in [-0.05, 0) is 19.8 Å². The van der Waals surface area contributed by atoms with Gasteiger partial charge in [-0.3, -0.25) is 19.6 Å². The summed E-state index contributed by atoms with van der Waals surface area (Å²) in [5.41, 5.74) is 1.96. The quantitative estimate of drug-likeness (QED) is 0.330. The molecule has 0 spiro atoms. The molecule has 18 heavy (non-hydrogen) atoms. The second kappa shape index (κ2) is 4.57. The van der Waals surface area contributed by atoms with Crippen molar-refractivity contribution in [2.75, 3.05) is 0 Å². The number of carbonyl (C=O) groups excluding carboxylic acids is 1. The minimum absolute atomic E-state index is 0.0592. The number of nitrogen functional groups attached to an aromatic ring is 1. The molecule has 96 valence electrons. The van der Waals surface area contributed by atoms with Crippen LogP contribution >= 0.6 is 0 Å². The van der Waals surface area contributed by atoms with Crippen molar-refractivity contribution < 1.29 is 4.79 Å². The number of rotatable bonds is 1. The highest BCUT2D eigenvalue weighted by molar-refractivity contribution is 5.99. The number of hydrogen-bond donors (Lipinski definition) is 3. The molecule has 1 amide bonds. The predicted octanol–water partition coefficient (Wildman–Crippen LogP) is -1.14. The van der Waals surface area contributed by atoms with Gasteiger partial charge in [-0.25, -0.2) is 10.8 Å². The third-order valence-electron chi connectivity index (χ3n) is 3.02. The van der Waals surface area contributed by atoms with Crippen LogP contribution in [-0.2, 0) is 0 Å². The first kappa shape index (κ1) is 12.2. The topological polar surface area (TPSA) is 128 Å². The maximum Gasteiger partial charge on any atom is 0.272 e. The standard InChI is InChI=1S/C10H14N6O2/c1-5-2-3-7(14-11)8-13-4-6(9(17)15-12)10(18)16(5)8/h4-5H,2-3,11-12H2,1H3,(H,15,17). The molecule has 0 aliphatic carbocycles. The van der Waals surface area contributed by atoms with Crippen molar-refractivity contribution >= 4 is 11.6 Å². The summed E-state index contributed by atoms with van der Waals surface area (Å²) in [5, 5.41) is 3.63. The van der Waals surface area contributed by atoms with Crippen LogP contribution in [0.3, 0.4) is 0 Å². The summed E-state index contributed by atoms with van der Waals surface area (Å²) in [6.07, 6.45) is 2.57. The molecule has 1 aliphatic heterocycles. The lowest BCUT2D eigenvalue weighted by atomic mass is 10.0. The molecule has 2 heterocycles. The van der Waals surface area contributed by atoms with E-state index in [-0.39, 0.29) is 11.6 Å². The summed E-state index contributed by atoms with van der Waals surface area (Å²) in [7, 11) is 0. The van der Waals surface area contributed by atoms with Crippen molar-refractivity contribution in [3.05, 3.63) is 27.9 Å². The van der Waals surface area contributed by atoms with Crippen LogP contribution in [0.25, 0.3) is 0 Å². The van der Waals surface area contributed by atoms with Gasteiger partial charge in [0, 0.05) is 12.2 Å². The first-order chi connectivity index (χ1) is 8.60. The van der Waals surface area contributed by atoms with Gasteiger partial charge < -0.3 is 5.84 Å². The zero-order chi connectivity index (χ0) is 13.3. The zero-order valence-electron chi connectivity index (χ0n) is 9.88. The van der Waals surface area contributed by atoms with Gasteiger partial charge >= 0.3 is 0 Å². The Bertz CT molecular complexity index is 576. The monoisotopic (exact) mass is 250 g/mol. The van der Waals surface area contributed by atoms with Gasteiger partial charge in [-0.2, -0.15) is 5.10 Å². The Morgan fingerprint density at radius 3 is 3.00 bits per heavy atom. The van der Waals surface area contributed by atoms with Crippen molar-refractivity contribution in [3.8, 4) is 0 Å². The first-order valence-corrected chi connectivity index (χ1v) is 5.49. The number of aromatic nitrogens is 2. The highest BCUT2D eigenvalue weighted by Crippen LogP contribution is 2.21. The molecule has 1 aliphatic rings. The molecular weight excluding hydrogens is 236 g/mol. The van der Waals surface area contributed by atoms with E-state index in [9.17, 15) is 9.59 Å². The van der Waals surface area contributed by atoms with Gasteiger partial charge in [0.25, 0.3) is 11.5 Å². The number of nitrogens with one attached hydrogen (secondary N) is 1. The maximum absolute atomic E-state index is 12.2. The normalized spacial score (nSPS) is 20.6. The number of nitrogens with zero attached hydrogens (tertiary/aromatic N) is 3. The van der Waals surface area contributed by atoms with Crippen molar-refractivity contribution in [3.63, 3.8) is 0 Å². The molecule has 2 rings (SSSR count). The van der Waals surface area contributed by atoms with Crippen molar-refractivity contribution in [1.29, 1.82) is 0 Å². The number of nitrogens with two attached hydrogens (primary N) is 2. The Morgan fingerprint density at radius 1 is 1.67 bits per heavy atom. The lowest BCUT2D eigenvalue weighted by molar-refractivity contribution is 0.0950. The molecular formula is C10H14N6O2. The summed E-state index contributed by atoms with van der Waals surface area (Å²) >= 11 is 0. The molecule has 1 atom stereocenters. The molecule has 0 saturated carbocycles. The van der Waals surface area contributed by atoms with Crippen molar-refractivity contribution in [1.82, 2.24) is 15.0 Å². The number of fused-ring (bicyclic) bond motifs is 1. The van der Waals surface area contributed by atoms with Gasteiger partial charge in [0.2, 0.25) is 0 Å². The average molecular weight is 250 g/mol. The number of hydrogen-bond acceptors (Lipinski definition) is 6. The second-order valence-corrected chi connectivity index (χ2v) is 4.11. The molecule has 1 aromatic heterocycles. The van der Waals surface area contributed by atoms with E-state index in [2.05, 4.69) is 10.1 Å². The SMILES string of the molecule is CC1CCC(=NN)c2ncc(C(=O)NN)c(=O)n21. The molecule has 0 bridgehead atoms. The largest absolute Gasteiger partial charge is 0.323 e. The fraction of sp³-hybridized carbons (Fsp3) is 0.400. The second-order valence-electron chi connectivity index (χ2n) is 4.11. The van der Waals surface area contributed by atoms with Crippen LogP contribution in [0.15, 0.2) is 16.1 Å². The Balaban J connectivity index is 2.67. The molecule has 0 radical (unpaired) electrons. The lowest BCUT2D eigenvalue weighted by Gasteiger charge is -2.24. The highest BCUT2D eigenvalue weighted by Gasteiger charge is 2.26. The lowest BCUT2D eigenvalue weighted by Crippen LogP contribution is -2.41. The van der Waals surface area contributed by atoms with E-state index < -0.39 is 11.5 Å². The molecule has 1 aromatic rings. The molecule has 0 saturated heterocycles. The minimum atomic E-state index is -0.660. The van der Waals surface area contributed by atoms with Gasteiger partial charge in [0.15, 0.2) is 5.82 Å². The van der Waals surface area contributed by atoms with Gasteiger partial charge in [0.1, 0.15) is 11.3 Å². The maximum atomic E-state index is 12.2. The van der Waals surface area contributed by atoms with Crippen LogP contribution in [0.1, 0.15) is 42.0 Å². The van der Waals surface area contributed by atoms with Crippen LogP contribution in [0.4, 0.5) is 0 Å². The molecule has 8 heteroatoms. The summed E-state index contributed by atoms with van der Waals surface area (Å²) < 4.78 is 1.43. The van der Waals surface area contributed by atoms with Crippen molar-refractivity contribution in [2.45, 2.75) is 25.8 Å². The van der Waals surface area contributed by atoms with Crippen LogP contribution in [0.5, 0.6) is 0 Å². The molecule has 0 aromatic carbocycles. The van der Waals surface area contributed by atoms with Crippen LogP contribution < -0.4 is 22.7 Å². The highest BCUT2D eigenvalue weighted by atomic mass is 16.2. The average Bonchev–Trinajstić information content (AvgIpc) is 2.38. The van der Waals surface area contributed by atoms with E-state index in [0.717, 1.165) is 6.42 Å². The fourth-order valence-electron chi connectivity index (χ4n) is 2.03. The number of amides is 1. The van der Waals surface area contributed by atoms with Gasteiger partial charge in [-0.15, -0.1) is 0 Å². The predicted molar refractivity (Wildman–Crippen MR) is 64.8 cm³/mol. The third kappa shape index (κ3) is 1.76. The Kier molecular flexibility index (Phi) is 3.11. The van der Waals surface area contributed by atoms with E-state index in [0.29, 0.717) is 18.0 Å². The Morgan fingerprint density at radius 2 is 2.39 bits per heavy atom. The van der Waals surface area contributed by atoms with E-state index in [1.807, 2.05) is 12.3 Å². The third-order valence-corrected chi connectivity index (χ3v) is 3.02. The van der Waals surface area contributed by atoms with Crippen LogP contribution in [0, 0.1) is 0 Å². The van der Waals surface area contributed by atoms with E-state index in [4.69, 9.17) is 11.7 Å². The van der Waals surface area contributed by atoms with E-state index in [1.165, 1.54) is 10.8 Å². The summed E-state index contributed by atoms with van der Waals surface area (Å²) in [5.74, 6) is 10.0. The zero-order valence-corrected chi connectivity index (χ0v) is 9.88. The summed E-state index contributed by atoms with van der Waals surface area (Å²) in [6, 6.07) is -0.0592. The van der Waals surface area contributed by atoms with Gasteiger partial charge in [0.05, 0.1) is 0 Å². The fourth-order valence-corrected chi connectivity index (χ4v) is 2.03. The summed E-state index contributed by atoms with van der Waals surface area (Å²) in [6.45, 7) is 1.88.